The number of hydrogen-bond acceptors (Lipinski definition) is 5. The number of halogens is 5. The first-order chi connectivity index (χ1) is 24.7. The fraction of sp³-hybridized carbons (Fsp3) is 0.526. The molecule has 1 spiro atoms. The van der Waals surface area contributed by atoms with Gasteiger partial charge in [-0.25, -0.2) is 26.7 Å². The number of aromatic carboxylic acids is 1. The molecule has 0 bridgehead atoms. The average molecular weight is 729 g/mol. The van der Waals surface area contributed by atoms with Gasteiger partial charge in [0.25, 0.3) is 11.8 Å². The Hall–Kier alpha value is -4.33. The molecule has 0 unspecified atom stereocenters. The summed E-state index contributed by atoms with van der Waals surface area (Å²) in [6.07, 6.45) is 3.41. The van der Waals surface area contributed by atoms with Gasteiger partial charge in [-0.05, 0) is 65.8 Å². The van der Waals surface area contributed by atoms with E-state index in [9.17, 15) is 41.4 Å². The minimum atomic E-state index is -2.96. The Bertz CT molecular complexity index is 1810. The van der Waals surface area contributed by atoms with Crippen LogP contribution in [-0.4, -0.2) is 87.1 Å². The summed E-state index contributed by atoms with van der Waals surface area (Å²) in [7, 11) is 0. The molecule has 0 radical (unpaired) electrons. The van der Waals surface area contributed by atoms with E-state index >= 15 is 0 Å². The Kier molecular flexibility index (Phi) is 9.64. The average Bonchev–Trinajstić information content (AvgIpc) is 3.38. The summed E-state index contributed by atoms with van der Waals surface area (Å²) < 4.78 is 76.4. The highest BCUT2D eigenvalue weighted by atomic mass is 19.3. The zero-order valence-electron chi connectivity index (χ0n) is 28.6. The zero-order valence-corrected chi connectivity index (χ0v) is 28.6. The van der Waals surface area contributed by atoms with Crippen molar-refractivity contribution in [3.05, 3.63) is 88.5 Å². The Balaban J connectivity index is 1.06. The molecule has 2 aromatic carbocycles. The summed E-state index contributed by atoms with van der Waals surface area (Å²) in [4.78, 5) is 42.3. The van der Waals surface area contributed by atoms with Crippen LogP contribution in [0.3, 0.4) is 0 Å². The molecule has 4 fully saturated rings. The van der Waals surface area contributed by atoms with E-state index in [2.05, 4.69) is 5.10 Å². The quantitative estimate of drug-likeness (QED) is 0.236. The molecule has 3 aromatic rings. The number of ether oxygens (including phenoxy) is 1. The van der Waals surface area contributed by atoms with Gasteiger partial charge in [0, 0.05) is 57.6 Å². The van der Waals surface area contributed by atoms with Gasteiger partial charge in [0.15, 0.2) is 0 Å². The molecule has 7 rings (SSSR count). The predicted molar refractivity (Wildman–Crippen MR) is 178 cm³/mol. The maximum atomic E-state index is 13.9. The lowest BCUT2D eigenvalue weighted by atomic mass is 9.71. The van der Waals surface area contributed by atoms with Crippen LogP contribution in [0.25, 0.3) is 0 Å². The van der Waals surface area contributed by atoms with Crippen LogP contribution in [0.2, 0.25) is 0 Å². The standard InChI is InChI=1S/C38H41F5N4O5/c39-29-6-4-24(5-7-29)18-47-19-27(17-44-47)33(48)46-20-28(36(23-46)12-14-45(15-13-36)34(49)31-16-38(31,42)43)22-52-21-26-2-1-3-30(32(26)35(50)51)25-8-10-37(40,41)11-9-25/h1-7,17,19,25,28,31H,8-16,18,20-23H2,(H,50,51)/t28-,31+/m0/s1. The van der Waals surface area contributed by atoms with Crippen LogP contribution < -0.4 is 0 Å². The van der Waals surface area contributed by atoms with Gasteiger partial charge < -0.3 is 19.6 Å². The van der Waals surface area contributed by atoms with Crippen molar-refractivity contribution >= 4 is 17.8 Å². The van der Waals surface area contributed by atoms with Crippen LogP contribution in [-0.2, 0) is 22.7 Å². The molecule has 1 N–H and O–H groups in total. The lowest BCUT2D eigenvalue weighted by Gasteiger charge is -2.42. The predicted octanol–water partition coefficient (Wildman–Crippen LogP) is 6.61. The molecule has 278 valence electrons. The molecule has 1 aromatic heterocycles. The second kappa shape index (κ2) is 13.9. The van der Waals surface area contributed by atoms with E-state index in [0.29, 0.717) is 49.2 Å². The molecule has 2 aliphatic carbocycles. The highest BCUT2D eigenvalue weighted by Gasteiger charge is 2.63. The van der Waals surface area contributed by atoms with Crippen molar-refractivity contribution in [3.63, 3.8) is 0 Å². The smallest absolute Gasteiger partial charge is 0.336 e. The van der Waals surface area contributed by atoms with Crippen LogP contribution in [0, 0.1) is 23.1 Å². The molecule has 2 atom stereocenters. The number of hydrogen-bond donors (Lipinski definition) is 1. The van der Waals surface area contributed by atoms with E-state index in [1.54, 1.807) is 46.1 Å². The maximum Gasteiger partial charge on any atom is 0.336 e. The van der Waals surface area contributed by atoms with Crippen molar-refractivity contribution in [2.75, 3.05) is 32.8 Å². The van der Waals surface area contributed by atoms with Gasteiger partial charge in [0.05, 0.1) is 37.1 Å². The van der Waals surface area contributed by atoms with E-state index in [1.165, 1.54) is 23.2 Å². The number of benzene rings is 2. The minimum Gasteiger partial charge on any atom is -0.478 e. The van der Waals surface area contributed by atoms with Crippen LogP contribution in [0.1, 0.15) is 88.3 Å². The van der Waals surface area contributed by atoms with E-state index in [0.717, 1.165) is 5.56 Å². The third-order valence-corrected chi connectivity index (χ3v) is 11.6. The highest BCUT2D eigenvalue weighted by Crippen LogP contribution is 2.51. The molecule has 52 heavy (non-hydrogen) atoms. The van der Waals surface area contributed by atoms with Gasteiger partial charge in [0.1, 0.15) is 11.7 Å². The van der Waals surface area contributed by atoms with Gasteiger partial charge in [-0.15, -0.1) is 0 Å². The topological polar surface area (TPSA) is 105 Å². The van der Waals surface area contributed by atoms with Crippen LogP contribution >= 0.6 is 0 Å². The van der Waals surface area contributed by atoms with Crippen molar-refractivity contribution in [2.45, 2.75) is 75.9 Å². The summed E-state index contributed by atoms with van der Waals surface area (Å²) in [5.74, 6) is -9.80. The number of likely N-dealkylation sites (tertiary alicyclic amines) is 2. The van der Waals surface area contributed by atoms with Crippen molar-refractivity contribution in [3.8, 4) is 0 Å². The number of carboxylic acid groups (broad SMARTS) is 1. The number of alkyl halides is 4. The number of amides is 2. The van der Waals surface area contributed by atoms with E-state index < -0.39 is 41.5 Å². The molecule has 2 saturated carbocycles. The molecule has 2 aliphatic heterocycles. The molecule has 2 saturated heterocycles. The van der Waals surface area contributed by atoms with E-state index in [4.69, 9.17) is 4.74 Å². The molecule has 3 heterocycles. The van der Waals surface area contributed by atoms with E-state index in [-0.39, 0.29) is 81.1 Å². The molecule has 2 amide bonds. The lowest BCUT2D eigenvalue weighted by molar-refractivity contribution is -0.137. The summed E-state index contributed by atoms with van der Waals surface area (Å²) in [5.41, 5.74) is 1.72. The van der Waals surface area contributed by atoms with Gasteiger partial charge in [-0.1, -0.05) is 30.3 Å². The summed E-state index contributed by atoms with van der Waals surface area (Å²) in [6.45, 7) is 1.67. The number of nitrogens with zero attached hydrogens (tertiary/aromatic N) is 4. The normalized spacial score (nSPS) is 23.6. The maximum absolute atomic E-state index is 13.9. The fourth-order valence-electron chi connectivity index (χ4n) is 8.38. The number of carbonyl (C=O) groups excluding carboxylic acids is 2. The van der Waals surface area contributed by atoms with Crippen molar-refractivity contribution in [1.29, 1.82) is 0 Å². The summed E-state index contributed by atoms with van der Waals surface area (Å²) in [5, 5.41) is 14.5. The first-order valence-corrected chi connectivity index (χ1v) is 17.8. The Morgan fingerprint density at radius 1 is 0.942 bits per heavy atom. The molecule has 4 aliphatic rings. The summed E-state index contributed by atoms with van der Waals surface area (Å²) in [6, 6.07) is 11.0. The number of piperidine rings is 1. The third-order valence-electron chi connectivity index (χ3n) is 11.6. The van der Waals surface area contributed by atoms with Crippen molar-refractivity contribution in [2.24, 2.45) is 17.3 Å². The Morgan fingerprint density at radius 3 is 2.29 bits per heavy atom. The first-order valence-electron chi connectivity index (χ1n) is 17.8. The van der Waals surface area contributed by atoms with Crippen LogP contribution in [0.15, 0.2) is 54.9 Å². The number of carboxylic acids is 1. The van der Waals surface area contributed by atoms with E-state index in [1.807, 2.05) is 0 Å². The van der Waals surface area contributed by atoms with Crippen molar-refractivity contribution in [1.82, 2.24) is 19.6 Å². The number of rotatable bonds is 10. The van der Waals surface area contributed by atoms with Crippen LogP contribution in [0.4, 0.5) is 22.0 Å². The van der Waals surface area contributed by atoms with Crippen LogP contribution in [0.5, 0.6) is 0 Å². The summed E-state index contributed by atoms with van der Waals surface area (Å²) >= 11 is 0. The number of carbonyl (C=O) groups is 3. The minimum absolute atomic E-state index is 0.0452. The SMILES string of the molecule is O=C(O)c1c(COC[C@@H]2CN(C(=O)c3cnn(Cc4ccc(F)cc4)c3)CC23CCN(C(=O)[C@H]2CC2(F)F)CC3)cccc1C1CCC(F)(F)CC1. The van der Waals surface area contributed by atoms with Gasteiger partial charge in [-0.2, -0.15) is 5.10 Å². The second-order valence-corrected chi connectivity index (χ2v) is 15.0. The molecular formula is C38H41F5N4O5. The monoisotopic (exact) mass is 728 g/mol. The number of aromatic nitrogens is 2. The molecular weight excluding hydrogens is 687 g/mol. The highest BCUT2D eigenvalue weighted by molar-refractivity contribution is 5.94. The lowest BCUT2D eigenvalue weighted by Crippen LogP contribution is -2.48. The Morgan fingerprint density at radius 2 is 1.63 bits per heavy atom. The molecule has 14 heteroatoms. The van der Waals surface area contributed by atoms with Gasteiger partial charge in [-0.3, -0.25) is 14.3 Å². The first kappa shape index (κ1) is 36.0. The zero-order chi connectivity index (χ0) is 36.8. The fourth-order valence-corrected chi connectivity index (χ4v) is 8.38. The van der Waals surface area contributed by atoms with Gasteiger partial charge >= 0.3 is 5.97 Å². The second-order valence-electron chi connectivity index (χ2n) is 15.0. The third kappa shape index (κ3) is 7.44. The van der Waals surface area contributed by atoms with Gasteiger partial charge in [0.2, 0.25) is 11.8 Å². The molecule has 9 nitrogen and oxygen atoms in total. The Labute approximate surface area is 297 Å². The largest absolute Gasteiger partial charge is 0.478 e. The van der Waals surface area contributed by atoms with Crippen molar-refractivity contribution < 1.29 is 46.2 Å².